The second-order valence-corrected chi connectivity index (χ2v) is 7.48. The van der Waals surface area contributed by atoms with Gasteiger partial charge >= 0.3 is 0 Å². The highest BCUT2D eigenvalue weighted by Gasteiger charge is 2.15. The maximum absolute atomic E-state index is 12.1. The summed E-state index contributed by atoms with van der Waals surface area (Å²) in [4.78, 5) is 11.9. The van der Waals surface area contributed by atoms with E-state index in [0.717, 1.165) is 5.56 Å². The van der Waals surface area contributed by atoms with Crippen molar-refractivity contribution in [3.63, 3.8) is 0 Å². The van der Waals surface area contributed by atoms with E-state index in [0.29, 0.717) is 15.7 Å². The Bertz CT molecular complexity index is 801. The first-order valence-electron chi connectivity index (χ1n) is 6.58. The van der Waals surface area contributed by atoms with Crippen molar-refractivity contribution in [1.82, 2.24) is 4.72 Å². The summed E-state index contributed by atoms with van der Waals surface area (Å²) in [6.45, 7) is 1.45. The van der Waals surface area contributed by atoms with Crippen molar-refractivity contribution in [3.05, 3.63) is 58.1 Å². The average molecular weight is 373 g/mol. The lowest BCUT2D eigenvalue weighted by Gasteiger charge is -2.09. The van der Waals surface area contributed by atoms with Gasteiger partial charge < -0.3 is 5.32 Å². The molecule has 0 aliphatic heterocycles. The van der Waals surface area contributed by atoms with E-state index >= 15 is 0 Å². The van der Waals surface area contributed by atoms with Crippen molar-refractivity contribution in [3.8, 4) is 0 Å². The number of carbonyl (C=O) groups excluding carboxylic acids is 1. The molecule has 2 aromatic rings. The third kappa shape index (κ3) is 5.21. The van der Waals surface area contributed by atoms with Crippen molar-refractivity contribution in [2.75, 3.05) is 11.9 Å². The maximum atomic E-state index is 12.1. The molecule has 8 heteroatoms. The fourth-order valence-electron chi connectivity index (χ4n) is 1.79. The Kier molecular flexibility index (Phi) is 5.64. The highest BCUT2D eigenvalue weighted by molar-refractivity contribution is 7.89. The first kappa shape index (κ1) is 17.7. The van der Waals surface area contributed by atoms with Crippen molar-refractivity contribution >= 4 is 44.8 Å². The molecule has 0 saturated heterocycles. The highest BCUT2D eigenvalue weighted by Crippen LogP contribution is 2.22. The third-order valence-electron chi connectivity index (χ3n) is 2.90. The SMILES string of the molecule is Cc1ccc(S(=O)(=O)NCC(=O)Nc2cc(Cl)cc(Cl)c2)cc1. The van der Waals surface area contributed by atoms with Crippen molar-refractivity contribution in [1.29, 1.82) is 0 Å². The van der Waals surface area contributed by atoms with Crippen LogP contribution in [0.3, 0.4) is 0 Å². The molecule has 0 radical (unpaired) electrons. The molecular formula is C15H14Cl2N2O3S. The van der Waals surface area contributed by atoms with E-state index in [1.807, 2.05) is 6.92 Å². The molecule has 0 aromatic heterocycles. The summed E-state index contributed by atoms with van der Waals surface area (Å²) in [7, 11) is -3.74. The van der Waals surface area contributed by atoms with Gasteiger partial charge in [0.15, 0.2) is 0 Å². The zero-order valence-corrected chi connectivity index (χ0v) is 14.5. The molecule has 2 aromatic carbocycles. The normalized spacial score (nSPS) is 11.3. The second-order valence-electron chi connectivity index (χ2n) is 4.84. The van der Waals surface area contributed by atoms with E-state index in [-0.39, 0.29) is 4.90 Å². The second kappa shape index (κ2) is 7.31. The Morgan fingerprint density at radius 1 is 1.04 bits per heavy atom. The highest BCUT2D eigenvalue weighted by atomic mass is 35.5. The first-order valence-corrected chi connectivity index (χ1v) is 8.82. The molecule has 0 fully saturated rings. The number of hydrogen-bond donors (Lipinski definition) is 2. The molecule has 0 unspecified atom stereocenters. The summed E-state index contributed by atoms with van der Waals surface area (Å²) in [5.74, 6) is -0.529. The molecule has 0 spiro atoms. The van der Waals surface area contributed by atoms with Crippen LogP contribution in [-0.2, 0) is 14.8 Å². The Labute approximate surface area is 144 Å². The minimum Gasteiger partial charge on any atom is -0.325 e. The van der Waals surface area contributed by atoms with Crippen LogP contribution in [0.1, 0.15) is 5.56 Å². The van der Waals surface area contributed by atoms with Gasteiger partial charge in [0.25, 0.3) is 0 Å². The lowest BCUT2D eigenvalue weighted by Crippen LogP contribution is -2.32. The molecular weight excluding hydrogens is 359 g/mol. The molecule has 0 saturated carbocycles. The lowest BCUT2D eigenvalue weighted by atomic mass is 10.2. The number of hydrogen-bond acceptors (Lipinski definition) is 3. The van der Waals surface area contributed by atoms with E-state index in [9.17, 15) is 13.2 Å². The van der Waals surface area contributed by atoms with Crippen LogP contribution in [0.25, 0.3) is 0 Å². The smallest absolute Gasteiger partial charge is 0.241 e. The van der Waals surface area contributed by atoms with Crippen molar-refractivity contribution < 1.29 is 13.2 Å². The van der Waals surface area contributed by atoms with Crippen LogP contribution in [0, 0.1) is 6.92 Å². The molecule has 1 amide bonds. The quantitative estimate of drug-likeness (QED) is 0.845. The van der Waals surface area contributed by atoms with Gasteiger partial charge in [0.1, 0.15) is 0 Å². The topological polar surface area (TPSA) is 75.3 Å². The molecule has 0 aliphatic carbocycles. The predicted molar refractivity (Wildman–Crippen MR) is 91.5 cm³/mol. The molecule has 5 nitrogen and oxygen atoms in total. The molecule has 0 atom stereocenters. The van der Waals surface area contributed by atoms with Crippen LogP contribution in [0.4, 0.5) is 5.69 Å². The number of amides is 1. The van der Waals surface area contributed by atoms with Gasteiger partial charge in [0, 0.05) is 15.7 Å². The van der Waals surface area contributed by atoms with Crippen LogP contribution >= 0.6 is 23.2 Å². The monoisotopic (exact) mass is 372 g/mol. The molecule has 0 bridgehead atoms. The number of anilines is 1. The van der Waals surface area contributed by atoms with Crippen molar-refractivity contribution in [2.24, 2.45) is 0 Å². The lowest BCUT2D eigenvalue weighted by molar-refractivity contribution is -0.115. The van der Waals surface area contributed by atoms with Crippen LogP contribution in [0.15, 0.2) is 47.4 Å². The fourth-order valence-corrected chi connectivity index (χ4v) is 3.30. The van der Waals surface area contributed by atoms with Gasteiger partial charge in [-0.1, -0.05) is 40.9 Å². The number of sulfonamides is 1. The Hall–Kier alpha value is -1.60. The molecule has 122 valence electrons. The Morgan fingerprint density at radius 2 is 1.61 bits per heavy atom. The Balaban J connectivity index is 1.99. The van der Waals surface area contributed by atoms with E-state index in [1.54, 1.807) is 12.1 Å². The summed E-state index contributed by atoms with van der Waals surface area (Å²) < 4.78 is 26.4. The van der Waals surface area contributed by atoms with Gasteiger partial charge in [0.05, 0.1) is 11.4 Å². The average Bonchev–Trinajstić information content (AvgIpc) is 2.44. The predicted octanol–water partition coefficient (Wildman–Crippen LogP) is 3.22. The summed E-state index contributed by atoms with van der Waals surface area (Å²) in [6, 6.07) is 10.9. The zero-order valence-electron chi connectivity index (χ0n) is 12.1. The minimum atomic E-state index is -3.74. The third-order valence-corrected chi connectivity index (χ3v) is 4.75. The Morgan fingerprint density at radius 3 is 2.17 bits per heavy atom. The fraction of sp³-hybridized carbons (Fsp3) is 0.133. The number of aryl methyl sites for hydroxylation is 1. The van der Waals surface area contributed by atoms with Crippen molar-refractivity contribution in [2.45, 2.75) is 11.8 Å². The van der Waals surface area contributed by atoms with Crippen LogP contribution in [-0.4, -0.2) is 20.9 Å². The standard InChI is InChI=1S/C15H14Cl2N2O3S/c1-10-2-4-14(5-3-10)23(21,22)18-9-15(20)19-13-7-11(16)6-12(17)8-13/h2-8,18H,9H2,1H3,(H,19,20). The van der Waals surface area contributed by atoms with Gasteiger partial charge in [-0.3, -0.25) is 4.79 Å². The number of rotatable bonds is 5. The van der Waals surface area contributed by atoms with Gasteiger partial charge in [0.2, 0.25) is 15.9 Å². The van der Waals surface area contributed by atoms with E-state index < -0.39 is 22.5 Å². The summed E-state index contributed by atoms with van der Waals surface area (Å²) in [5.41, 5.74) is 1.33. The molecule has 2 N–H and O–H groups in total. The van der Waals surface area contributed by atoms with Crippen LogP contribution < -0.4 is 10.0 Å². The molecule has 0 aliphatic rings. The van der Waals surface area contributed by atoms with E-state index in [2.05, 4.69) is 10.0 Å². The van der Waals surface area contributed by atoms with Gasteiger partial charge in [-0.15, -0.1) is 0 Å². The molecule has 23 heavy (non-hydrogen) atoms. The number of halogens is 2. The molecule has 0 heterocycles. The van der Waals surface area contributed by atoms with Gasteiger partial charge in [-0.2, -0.15) is 0 Å². The van der Waals surface area contributed by atoms with Gasteiger partial charge in [-0.25, -0.2) is 13.1 Å². The maximum Gasteiger partial charge on any atom is 0.241 e. The summed E-state index contributed by atoms with van der Waals surface area (Å²) in [5, 5.41) is 3.26. The van der Waals surface area contributed by atoms with E-state index in [1.165, 1.54) is 30.3 Å². The van der Waals surface area contributed by atoms with Crippen LogP contribution in [0.2, 0.25) is 10.0 Å². The number of carbonyl (C=O) groups is 1. The summed E-state index contributed by atoms with van der Waals surface area (Å²) >= 11 is 11.7. The summed E-state index contributed by atoms with van der Waals surface area (Å²) in [6.07, 6.45) is 0. The van der Waals surface area contributed by atoms with E-state index in [4.69, 9.17) is 23.2 Å². The number of nitrogens with one attached hydrogen (secondary N) is 2. The van der Waals surface area contributed by atoms with Crippen LogP contribution in [0.5, 0.6) is 0 Å². The minimum absolute atomic E-state index is 0.0988. The largest absolute Gasteiger partial charge is 0.325 e. The molecule has 2 rings (SSSR count). The van der Waals surface area contributed by atoms with Gasteiger partial charge in [-0.05, 0) is 37.3 Å². The number of benzene rings is 2. The zero-order chi connectivity index (χ0) is 17.0. The first-order chi connectivity index (χ1) is 10.8.